The number of thiocarbonyl (C=S) groups is 1. The number of nitrogens with one attached hydrogen (secondary N) is 2. The van der Waals surface area contributed by atoms with E-state index in [9.17, 15) is 0 Å². The lowest BCUT2D eigenvalue weighted by atomic mass is 10.1. The van der Waals surface area contributed by atoms with E-state index in [0.29, 0.717) is 16.2 Å². The maximum Gasteiger partial charge on any atom is 0.232 e. The van der Waals surface area contributed by atoms with E-state index in [2.05, 4.69) is 44.6 Å². The molecule has 1 aliphatic rings. The lowest BCUT2D eigenvalue weighted by Crippen LogP contribution is -2.33. The van der Waals surface area contributed by atoms with Crippen molar-refractivity contribution >= 4 is 40.7 Å². The monoisotopic (exact) mass is 375 g/mol. The molecule has 0 spiro atoms. The lowest BCUT2D eigenvalue weighted by molar-refractivity contribution is 0.573. The van der Waals surface area contributed by atoms with Crippen molar-refractivity contribution in [2.24, 2.45) is 0 Å². The van der Waals surface area contributed by atoms with Gasteiger partial charge in [0.1, 0.15) is 11.0 Å². The van der Waals surface area contributed by atoms with E-state index in [0.717, 1.165) is 24.5 Å². The molecule has 3 rings (SSSR count). The van der Waals surface area contributed by atoms with Gasteiger partial charge in [-0.3, -0.25) is 0 Å². The van der Waals surface area contributed by atoms with E-state index in [-0.39, 0.29) is 6.04 Å². The molecule has 1 fully saturated rings. The molecule has 2 heterocycles. The summed E-state index contributed by atoms with van der Waals surface area (Å²) in [6.07, 6.45) is 3.63. The average Bonchev–Trinajstić information content (AvgIpc) is 2.62. The zero-order chi connectivity index (χ0) is 17.6. The minimum atomic E-state index is 0.0851. The van der Waals surface area contributed by atoms with Gasteiger partial charge in [0, 0.05) is 19.2 Å². The molecular weight excluding hydrogens is 354 g/mol. The summed E-state index contributed by atoms with van der Waals surface area (Å²) in [6, 6.07) is 12.0. The van der Waals surface area contributed by atoms with E-state index in [1.807, 2.05) is 18.2 Å². The second-order valence-corrected chi connectivity index (χ2v) is 6.95. The number of nitrogens with zero attached hydrogens (tertiary/aromatic N) is 3. The summed E-state index contributed by atoms with van der Waals surface area (Å²) in [4.78, 5) is 11.0. The summed E-state index contributed by atoms with van der Waals surface area (Å²) in [5.41, 5.74) is 1.16. The number of piperidine rings is 1. The number of anilines is 2. The summed E-state index contributed by atoms with van der Waals surface area (Å²) in [7, 11) is 0. The Morgan fingerprint density at radius 2 is 1.88 bits per heavy atom. The van der Waals surface area contributed by atoms with Crippen molar-refractivity contribution in [1.29, 1.82) is 0 Å². The van der Waals surface area contributed by atoms with Gasteiger partial charge >= 0.3 is 0 Å². The zero-order valence-electron chi connectivity index (χ0n) is 14.2. The van der Waals surface area contributed by atoms with E-state index in [1.54, 1.807) is 6.07 Å². The molecule has 0 aliphatic carbocycles. The molecule has 1 aromatic carbocycles. The smallest absolute Gasteiger partial charge is 0.232 e. The van der Waals surface area contributed by atoms with Crippen LogP contribution >= 0.6 is 23.8 Å². The number of aromatic nitrogens is 2. The Morgan fingerprint density at radius 3 is 2.60 bits per heavy atom. The number of benzene rings is 1. The van der Waals surface area contributed by atoms with Crippen LogP contribution in [0.2, 0.25) is 5.15 Å². The molecule has 0 radical (unpaired) electrons. The largest absolute Gasteiger partial charge is 0.356 e. The molecule has 5 nitrogen and oxygen atoms in total. The molecule has 0 amide bonds. The van der Waals surface area contributed by atoms with Crippen LogP contribution in [0.3, 0.4) is 0 Å². The van der Waals surface area contributed by atoms with Crippen LogP contribution < -0.4 is 15.5 Å². The normalized spacial score (nSPS) is 15.5. The van der Waals surface area contributed by atoms with Gasteiger partial charge in [-0.1, -0.05) is 41.9 Å². The average molecular weight is 376 g/mol. The van der Waals surface area contributed by atoms with Gasteiger partial charge in [-0.15, -0.1) is 0 Å². The van der Waals surface area contributed by atoms with Gasteiger partial charge < -0.3 is 15.5 Å². The second kappa shape index (κ2) is 8.45. The first kappa shape index (κ1) is 17.9. The summed E-state index contributed by atoms with van der Waals surface area (Å²) in [5, 5.41) is 7.19. The molecule has 2 N–H and O–H groups in total. The standard InChI is InChI=1S/C18H22ClN5S/c1-13(14-8-4-2-5-9-14)20-18(25)23-17-21-15(19)12-16(22-17)24-10-6-3-7-11-24/h2,4-5,8-9,12-13H,3,6-7,10-11H2,1H3,(H2,20,21,22,23,25). The third-order valence-electron chi connectivity index (χ3n) is 4.23. The molecule has 0 bridgehead atoms. The van der Waals surface area contributed by atoms with E-state index >= 15 is 0 Å². The molecule has 0 saturated carbocycles. The van der Waals surface area contributed by atoms with Gasteiger partial charge in [0.05, 0.1) is 6.04 Å². The van der Waals surface area contributed by atoms with E-state index in [4.69, 9.17) is 23.8 Å². The highest BCUT2D eigenvalue weighted by Crippen LogP contribution is 2.22. The highest BCUT2D eigenvalue weighted by Gasteiger charge is 2.15. The molecule has 2 aromatic rings. The van der Waals surface area contributed by atoms with Crippen LogP contribution in [0.5, 0.6) is 0 Å². The van der Waals surface area contributed by atoms with Crippen LogP contribution in [-0.4, -0.2) is 28.2 Å². The van der Waals surface area contributed by atoms with Gasteiger partial charge in [0.25, 0.3) is 0 Å². The molecule has 132 valence electrons. The molecule has 1 unspecified atom stereocenters. The van der Waals surface area contributed by atoms with Crippen molar-refractivity contribution in [2.75, 3.05) is 23.3 Å². The Morgan fingerprint density at radius 1 is 1.16 bits per heavy atom. The number of hydrogen-bond acceptors (Lipinski definition) is 4. The quantitative estimate of drug-likeness (QED) is 0.618. The first-order valence-electron chi connectivity index (χ1n) is 8.54. The maximum absolute atomic E-state index is 6.17. The first-order chi connectivity index (χ1) is 12.1. The van der Waals surface area contributed by atoms with Gasteiger partial charge in [-0.2, -0.15) is 4.98 Å². The molecular formula is C18H22ClN5S. The fourth-order valence-electron chi connectivity index (χ4n) is 2.91. The van der Waals surface area contributed by atoms with Crippen molar-refractivity contribution in [1.82, 2.24) is 15.3 Å². The van der Waals surface area contributed by atoms with Crippen LogP contribution in [0.15, 0.2) is 36.4 Å². The lowest BCUT2D eigenvalue weighted by Gasteiger charge is -2.28. The first-order valence-corrected chi connectivity index (χ1v) is 9.32. The number of halogens is 1. The predicted molar refractivity (Wildman–Crippen MR) is 107 cm³/mol. The van der Waals surface area contributed by atoms with E-state index in [1.165, 1.54) is 19.3 Å². The van der Waals surface area contributed by atoms with Crippen molar-refractivity contribution in [3.63, 3.8) is 0 Å². The third-order valence-corrected chi connectivity index (χ3v) is 4.65. The molecule has 25 heavy (non-hydrogen) atoms. The third kappa shape index (κ3) is 5.03. The molecule has 1 aromatic heterocycles. The Bertz CT molecular complexity index is 719. The van der Waals surface area contributed by atoms with Crippen molar-refractivity contribution in [3.8, 4) is 0 Å². The Kier molecular flexibility index (Phi) is 6.04. The van der Waals surface area contributed by atoms with Crippen molar-refractivity contribution in [2.45, 2.75) is 32.2 Å². The van der Waals surface area contributed by atoms with Gasteiger partial charge in [0.2, 0.25) is 5.95 Å². The fraction of sp³-hybridized carbons (Fsp3) is 0.389. The SMILES string of the molecule is CC(NC(=S)Nc1nc(Cl)cc(N2CCCCC2)n1)c1ccccc1. The molecule has 1 atom stereocenters. The summed E-state index contributed by atoms with van der Waals surface area (Å²) < 4.78 is 0. The number of hydrogen-bond donors (Lipinski definition) is 2. The van der Waals surface area contributed by atoms with Crippen LogP contribution in [0.4, 0.5) is 11.8 Å². The summed E-state index contributed by atoms with van der Waals surface area (Å²) in [6.45, 7) is 4.06. The maximum atomic E-state index is 6.17. The Hall–Kier alpha value is -1.92. The number of rotatable bonds is 4. The van der Waals surface area contributed by atoms with Crippen LogP contribution in [-0.2, 0) is 0 Å². The summed E-state index contributed by atoms with van der Waals surface area (Å²) >= 11 is 11.6. The molecule has 7 heteroatoms. The Labute approximate surface area is 158 Å². The Balaban J connectivity index is 1.65. The topological polar surface area (TPSA) is 53.1 Å². The second-order valence-electron chi connectivity index (χ2n) is 6.15. The van der Waals surface area contributed by atoms with Gasteiger partial charge in [-0.25, -0.2) is 4.98 Å². The van der Waals surface area contributed by atoms with Gasteiger partial charge in [-0.05, 0) is 44.0 Å². The van der Waals surface area contributed by atoms with Crippen LogP contribution in [0.1, 0.15) is 37.8 Å². The minimum Gasteiger partial charge on any atom is -0.356 e. The van der Waals surface area contributed by atoms with Crippen molar-refractivity contribution in [3.05, 3.63) is 47.1 Å². The predicted octanol–water partition coefficient (Wildman–Crippen LogP) is 4.17. The minimum absolute atomic E-state index is 0.0851. The highest BCUT2D eigenvalue weighted by molar-refractivity contribution is 7.80. The van der Waals surface area contributed by atoms with Crippen LogP contribution in [0, 0.1) is 0 Å². The van der Waals surface area contributed by atoms with Crippen molar-refractivity contribution < 1.29 is 0 Å². The highest BCUT2D eigenvalue weighted by atomic mass is 35.5. The molecule has 1 aliphatic heterocycles. The van der Waals surface area contributed by atoms with Gasteiger partial charge in [0.15, 0.2) is 5.11 Å². The van der Waals surface area contributed by atoms with Crippen LogP contribution in [0.25, 0.3) is 0 Å². The summed E-state index contributed by atoms with van der Waals surface area (Å²) in [5.74, 6) is 1.27. The zero-order valence-corrected chi connectivity index (χ0v) is 15.8. The van der Waals surface area contributed by atoms with E-state index < -0.39 is 0 Å². The fourth-order valence-corrected chi connectivity index (χ4v) is 3.35. The molecule has 1 saturated heterocycles.